The molecule has 5 nitrogen and oxygen atoms in total. The van der Waals surface area contributed by atoms with Gasteiger partial charge in [-0.3, -0.25) is 4.79 Å². The first-order chi connectivity index (χ1) is 11.0. The molecule has 3 amide bonds. The van der Waals surface area contributed by atoms with Crippen LogP contribution in [0.5, 0.6) is 0 Å². The third kappa shape index (κ3) is 5.47. The van der Waals surface area contributed by atoms with Crippen LogP contribution in [0.2, 0.25) is 0 Å². The Morgan fingerprint density at radius 2 is 1.70 bits per heavy atom. The molecule has 23 heavy (non-hydrogen) atoms. The molecule has 0 saturated heterocycles. The van der Waals surface area contributed by atoms with Crippen LogP contribution in [-0.2, 0) is 6.42 Å². The summed E-state index contributed by atoms with van der Waals surface area (Å²) >= 11 is 0. The van der Waals surface area contributed by atoms with E-state index >= 15 is 0 Å². The first-order valence-corrected chi connectivity index (χ1v) is 7.56. The van der Waals surface area contributed by atoms with Gasteiger partial charge >= 0.3 is 6.03 Å². The highest BCUT2D eigenvalue weighted by molar-refractivity contribution is 5.95. The first-order valence-electron chi connectivity index (χ1n) is 7.56. The van der Waals surface area contributed by atoms with E-state index in [1.807, 2.05) is 25.1 Å². The number of nitrogens with one attached hydrogen (secondary N) is 2. The Labute approximate surface area is 135 Å². The Kier molecular flexibility index (Phi) is 5.74. The third-order valence-corrected chi connectivity index (χ3v) is 3.50. The van der Waals surface area contributed by atoms with Gasteiger partial charge < -0.3 is 16.4 Å². The third-order valence-electron chi connectivity index (χ3n) is 3.50. The second kappa shape index (κ2) is 7.98. The molecule has 0 fully saturated rings. The molecule has 120 valence electrons. The average molecular weight is 311 g/mol. The van der Waals surface area contributed by atoms with Crippen molar-refractivity contribution in [1.29, 1.82) is 0 Å². The van der Waals surface area contributed by atoms with E-state index in [0.717, 1.165) is 12.8 Å². The van der Waals surface area contributed by atoms with E-state index in [1.165, 1.54) is 5.56 Å². The summed E-state index contributed by atoms with van der Waals surface area (Å²) in [7, 11) is 0. The Balaban J connectivity index is 1.84. The van der Waals surface area contributed by atoms with E-state index in [2.05, 4.69) is 22.8 Å². The Morgan fingerprint density at radius 3 is 2.30 bits per heavy atom. The van der Waals surface area contributed by atoms with Gasteiger partial charge in [0.15, 0.2) is 0 Å². The maximum atomic E-state index is 12.2. The Hall–Kier alpha value is -2.82. The Bertz CT molecular complexity index is 654. The molecule has 0 bridgehead atoms. The fraction of sp³-hybridized carbons (Fsp3) is 0.222. The van der Waals surface area contributed by atoms with Crippen molar-refractivity contribution in [3.05, 3.63) is 65.7 Å². The van der Waals surface area contributed by atoms with Crippen molar-refractivity contribution in [3.63, 3.8) is 0 Å². The number of benzene rings is 2. The Morgan fingerprint density at radius 1 is 1.04 bits per heavy atom. The molecule has 2 aromatic rings. The van der Waals surface area contributed by atoms with Crippen LogP contribution in [-0.4, -0.2) is 18.0 Å². The number of hydrogen-bond donors (Lipinski definition) is 3. The second-order valence-electron chi connectivity index (χ2n) is 5.47. The predicted octanol–water partition coefficient (Wildman–Crippen LogP) is 2.93. The quantitative estimate of drug-likeness (QED) is 0.766. The summed E-state index contributed by atoms with van der Waals surface area (Å²) < 4.78 is 0. The minimum Gasteiger partial charge on any atom is -0.351 e. The van der Waals surface area contributed by atoms with Crippen molar-refractivity contribution in [1.82, 2.24) is 5.32 Å². The zero-order valence-corrected chi connectivity index (χ0v) is 13.1. The predicted molar refractivity (Wildman–Crippen MR) is 91.3 cm³/mol. The van der Waals surface area contributed by atoms with Crippen molar-refractivity contribution in [2.45, 2.75) is 25.8 Å². The van der Waals surface area contributed by atoms with Crippen molar-refractivity contribution in [3.8, 4) is 0 Å². The molecule has 2 aromatic carbocycles. The molecular formula is C18H21N3O2. The zero-order chi connectivity index (χ0) is 16.7. The number of anilines is 1. The number of hydrogen-bond acceptors (Lipinski definition) is 2. The number of rotatable bonds is 6. The summed E-state index contributed by atoms with van der Waals surface area (Å²) in [6.07, 6.45) is 1.79. The molecule has 2 rings (SSSR count). The molecule has 0 aliphatic rings. The molecule has 5 heteroatoms. The lowest BCUT2D eigenvalue weighted by Crippen LogP contribution is -2.32. The number of carbonyl (C=O) groups is 2. The van der Waals surface area contributed by atoms with Gasteiger partial charge in [-0.1, -0.05) is 30.3 Å². The van der Waals surface area contributed by atoms with Crippen LogP contribution in [0.25, 0.3) is 0 Å². The fourth-order valence-corrected chi connectivity index (χ4v) is 2.25. The maximum Gasteiger partial charge on any atom is 0.316 e. The van der Waals surface area contributed by atoms with Crippen LogP contribution in [0, 0.1) is 0 Å². The van der Waals surface area contributed by atoms with Crippen molar-refractivity contribution < 1.29 is 9.59 Å². The molecule has 0 aliphatic carbocycles. The van der Waals surface area contributed by atoms with Gasteiger partial charge in [-0.25, -0.2) is 4.79 Å². The van der Waals surface area contributed by atoms with Gasteiger partial charge in [0.1, 0.15) is 0 Å². The van der Waals surface area contributed by atoms with E-state index in [4.69, 9.17) is 5.73 Å². The lowest BCUT2D eigenvalue weighted by atomic mass is 10.1. The molecular weight excluding hydrogens is 290 g/mol. The number of amides is 3. The average Bonchev–Trinajstić information content (AvgIpc) is 2.54. The van der Waals surface area contributed by atoms with E-state index < -0.39 is 6.03 Å². The van der Waals surface area contributed by atoms with Crippen LogP contribution in [0.15, 0.2) is 54.6 Å². The normalized spacial score (nSPS) is 11.5. The van der Waals surface area contributed by atoms with Gasteiger partial charge in [0.05, 0.1) is 0 Å². The molecule has 1 unspecified atom stereocenters. The standard InChI is InChI=1S/C18H21N3O2/c1-13(7-8-14-5-3-2-4-6-14)20-17(22)15-9-11-16(12-10-15)21-18(19)23/h2-6,9-13H,7-8H2,1H3,(H,20,22)(H3,19,21,23). The summed E-state index contributed by atoms with van der Waals surface area (Å²) in [5.41, 5.74) is 7.41. The van der Waals surface area contributed by atoms with Gasteiger partial charge in [0, 0.05) is 17.3 Å². The van der Waals surface area contributed by atoms with Crippen molar-refractivity contribution in [2.75, 3.05) is 5.32 Å². The van der Waals surface area contributed by atoms with Crippen molar-refractivity contribution in [2.24, 2.45) is 5.73 Å². The van der Waals surface area contributed by atoms with Crippen LogP contribution in [0.3, 0.4) is 0 Å². The maximum absolute atomic E-state index is 12.2. The smallest absolute Gasteiger partial charge is 0.316 e. The van der Waals surface area contributed by atoms with Gasteiger partial charge in [-0.2, -0.15) is 0 Å². The van der Waals surface area contributed by atoms with Crippen LogP contribution in [0.1, 0.15) is 29.3 Å². The number of carbonyl (C=O) groups excluding carboxylic acids is 2. The van der Waals surface area contributed by atoms with Crippen molar-refractivity contribution >= 4 is 17.6 Å². The SMILES string of the molecule is CC(CCc1ccccc1)NC(=O)c1ccc(NC(N)=O)cc1. The molecule has 1 atom stereocenters. The first kappa shape index (κ1) is 16.5. The molecule has 4 N–H and O–H groups in total. The van der Waals surface area contributed by atoms with E-state index in [-0.39, 0.29) is 11.9 Å². The molecule has 0 aliphatic heterocycles. The topological polar surface area (TPSA) is 84.2 Å². The highest BCUT2D eigenvalue weighted by atomic mass is 16.2. The summed E-state index contributed by atoms with van der Waals surface area (Å²) in [5, 5.41) is 5.43. The van der Waals surface area contributed by atoms with E-state index in [0.29, 0.717) is 11.3 Å². The monoisotopic (exact) mass is 311 g/mol. The summed E-state index contributed by atoms with van der Waals surface area (Å²) in [4.78, 5) is 22.9. The molecule has 0 radical (unpaired) electrons. The number of aryl methyl sites for hydroxylation is 1. The number of primary amides is 1. The summed E-state index contributed by atoms with van der Waals surface area (Å²) in [5.74, 6) is -0.129. The lowest BCUT2D eigenvalue weighted by molar-refractivity contribution is 0.0938. The molecule has 0 heterocycles. The summed E-state index contributed by atoms with van der Waals surface area (Å²) in [6, 6.07) is 16.2. The lowest BCUT2D eigenvalue weighted by Gasteiger charge is -2.14. The number of urea groups is 1. The highest BCUT2D eigenvalue weighted by Crippen LogP contribution is 2.10. The molecule has 0 aromatic heterocycles. The van der Waals surface area contributed by atoms with E-state index in [9.17, 15) is 9.59 Å². The molecule has 0 saturated carbocycles. The highest BCUT2D eigenvalue weighted by Gasteiger charge is 2.10. The van der Waals surface area contributed by atoms with Crippen LogP contribution < -0.4 is 16.4 Å². The van der Waals surface area contributed by atoms with Gasteiger partial charge in [-0.05, 0) is 49.6 Å². The van der Waals surface area contributed by atoms with Gasteiger partial charge in [0.2, 0.25) is 0 Å². The zero-order valence-electron chi connectivity index (χ0n) is 13.1. The van der Waals surface area contributed by atoms with Crippen LogP contribution in [0.4, 0.5) is 10.5 Å². The minimum absolute atomic E-state index is 0.0751. The van der Waals surface area contributed by atoms with Gasteiger partial charge in [0.25, 0.3) is 5.91 Å². The van der Waals surface area contributed by atoms with Gasteiger partial charge in [-0.15, -0.1) is 0 Å². The summed E-state index contributed by atoms with van der Waals surface area (Å²) in [6.45, 7) is 1.99. The van der Waals surface area contributed by atoms with E-state index in [1.54, 1.807) is 24.3 Å². The molecule has 0 spiro atoms. The largest absolute Gasteiger partial charge is 0.351 e. The minimum atomic E-state index is -0.628. The number of nitrogens with two attached hydrogens (primary N) is 1. The second-order valence-corrected chi connectivity index (χ2v) is 5.47. The fourth-order valence-electron chi connectivity index (χ4n) is 2.25. The van der Waals surface area contributed by atoms with Crippen LogP contribution >= 0.6 is 0 Å².